The molecule has 0 radical (unpaired) electrons. The number of carbonyl (C=O) groups excluding carboxylic acids is 1. The van der Waals surface area contributed by atoms with Crippen molar-refractivity contribution in [3.63, 3.8) is 0 Å². The molecular weight excluding hydrogens is 254 g/mol. The maximum Gasteiger partial charge on any atom is 0.264 e. The molecule has 0 aliphatic rings. The minimum absolute atomic E-state index is 0.00357. The van der Waals surface area contributed by atoms with Crippen LogP contribution in [0.1, 0.15) is 39.5 Å². The van der Waals surface area contributed by atoms with Gasteiger partial charge in [-0.1, -0.05) is 20.4 Å². The fraction of sp³-hybridized carbons (Fsp3) is 0.750. The van der Waals surface area contributed by atoms with Gasteiger partial charge >= 0.3 is 0 Å². The van der Waals surface area contributed by atoms with Crippen LogP contribution in [-0.4, -0.2) is 31.2 Å². The average molecular weight is 277 g/mol. The predicted molar refractivity (Wildman–Crippen MR) is 71.9 cm³/mol. The number of rotatable bonds is 9. The van der Waals surface area contributed by atoms with Crippen molar-refractivity contribution in [1.82, 2.24) is 5.32 Å². The molecule has 0 aromatic carbocycles. The Kier molecular flexibility index (Phi) is 7.16. The minimum atomic E-state index is -3.85. The normalized spacial score (nSPS) is 12.2. The van der Waals surface area contributed by atoms with Gasteiger partial charge in [0, 0.05) is 6.54 Å². The standard InChI is InChI=1S/C12H23NO4S/c1-4-11(14)13-9-5-7-12(2,3)8-6-10-18(15,16)17/h4H,1,5-10H2,2-3H3,(H,13,14)(H,15,16,17). The Morgan fingerprint density at radius 3 is 2.39 bits per heavy atom. The van der Waals surface area contributed by atoms with E-state index in [4.69, 9.17) is 4.55 Å². The number of amides is 1. The van der Waals surface area contributed by atoms with Gasteiger partial charge in [-0.25, -0.2) is 0 Å². The fourth-order valence-electron chi connectivity index (χ4n) is 1.71. The van der Waals surface area contributed by atoms with E-state index < -0.39 is 10.1 Å². The highest BCUT2D eigenvalue weighted by Gasteiger charge is 2.18. The van der Waals surface area contributed by atoms with E-state index in [1.807, 2.05) is 13.8 Å². The van der Waals surface area contributed by atoms with Crippen LogP contribution in [0.25, 0.3) is 0 Å². The number of carbonyl (C=O) groups is 1. The molecule has 0 aliphatic heterocycles. The van der Waals surface area contributed by atoms with Crippen LogP contribution >= 0.6 is 0 Å². The highest BCUT2D eigenvalue weighted by molar-refractivity contribution is 7.85. The van der Waals surface area contributed by atoms with Crippen molar-refractivity contribution in [2.45, 2.75) is 39.5 Å². The van der Waals surface area contributed by atoms with Crippen LogP contribution in [0.15, 0.2) is 12.7 Å². The summed E-state index contributed by atoms with van der Waals surface area (Å²) in [5, 5.41) is 2.69. The third-order valence-electron chi connectivity index (χ3n) is 2.77. The van der Waals surface area contributed by atoms with Crippen molar-refractivity contribution in [3.8, 4) is 0 Å². The van der Waals surface area contributed by atoms with Crippen molar-refractivity contribution in [1.29, 1.82) is 0 Å². The predicted octanol–water partition coefficient (Wildman–Crippen LogP) is 1.76. The zero-order valence-electron chi connectivity index (χ0n) is 11.1. The summed E-state index contributed by atoms with van der Waals surface area (Å²) in [6.45, 7) is 8.04. The van der Waals surface area contributed by atoms with Gasteiger partial charge in [0.05, 0.1) is 5.75 Å². The van der Waals surface area contributed by atoms with Crippen LogP contribution in [0.4, 0.5) is 0 Å². The zero-order chi connectivity index (χ0) is 14.2. The molecule has 0 spiro atoms. The van der Waals surface area contributed by atoms with Crippen LogP contribution in [0.3, 0.4) is 0 Å². The van der Waals surface area contributed by atoms with Crippen LogP contribution in [0, 0.1) is 5.41 Å². The molecule has 1 amide bonds. The van der Waals surface area contributed by atoms with Gasteiger partial charge in [-0.05, 0) is 37.2 Å². The van der Waals surface area contributed by atoms with Crippen LogP contribution < -0.4 is 5.32 Å². The van der Waals surface area contributed by atoms with Gasteiger partial charge in [-0.15, -0.1) is 0 Å². The van der Waals surface area contributed by atoms with Crippen LogP contribution in [0.5, 0.6) is 0 Å². The smallest absolute Gasteiger partial charge is 0.264 e. The molecule has 0 unspecified atom stereocenters. The summed E-state index contributed by atoms with van der Waals surface area (Å²) < 4.78 is 29.8. The Bertz CT molecular complexity index is 374. The Morgan fingerprint density at radius 1 is 1.33 bits per heavy atom. The first kappa shape index (κ1) is 17.1. The summed E-state index contributed by atoms with van der Waals surface area (Å²) in [4.78, 5) is 10.9. The topological polar surface area (TPSA) is 83.5 Å². The van der Waals surface area contributed by atoms with Crippen molar-refractivity contribution in [2.24, 2.45) is 5.41 Å². The summed E-state index contributed by atoms with van der Waals surface area (Å²) in [7, 11) is -3.85. The molecule has 2 N–H and O–H groups in total. The van der Waals surface area contributed by atoms with E-state index in [1.54, 1.807) is 0 Å². The molecule has 0 saturated heterocycles. The second-order valence-electron chi connectivity index (χ2n) is 5.15. The van der Waals surface area contributed by atoms with Gasteiger partial charge in [0.2, 0.25) is 5.91 Å². The molecule has 5 nitrogen and oxygen atoms in total. The molecule has 0 rings (SSSR count). The number of nitrogens with one attached hydrogen (secondary N) is 1. The van der Waals surface area contributed by atoms with Gasteiger partial charge in [0.25, 0.3) is 10.1 Å². The first-order chi connectivity index (χ1) is 8.16. The lowest BCUT2D eigenvalue weighted by molar-refractivity contribution is -0.116. The minimum Gasteiger partial charge on any atom is -0.353 e. The SMILES string of the molecule is C=CC(=O)NCCCC(C)(C)CCCS(=O)(=O)O. The summed E-state index contributed by atoms with van der Waals surface area (Å²) in [6.07, 6.45) is 4.12. The second-order valence-corrected chi connectivity index (χ2v) is 6.72. The Hall–Kier alpha value is -0.880. The number of hydrogen-bond donors (Lipinski definition) is 2. The zero-order valence-corrected chi connectivity index (χ0v) is 11.9. The molecule has 18 heavy (non-hydrogen) atoms. The number of hydrogen-bond acceptors (Lipinski definition) is 3. The van der Waals surface area contributed by atoms with Gasteiger partial charge in [0.1, 0.15) is 0 Å². The maximum absolute atomic E-state index is 10.9. The Morgan fingerprint density at radius 2 is 1.89 bits per heavy atom. The average Bonchev–Trinajstić information content (AvgIpc) is 2.21. The molecule has 0 atom stereocenters. The lowest BCUT2D eigenvalue weighted by Gasteiger charge is -2.24. The van der Waals surface area contributed by atoms with E-state index in [0.29, 0.717) is 13.0 Å². The van der Waals surface area contributed by atoms with Crippen molar-refractivity contribution < 1.29 is 17.8 Å². The summed E-state index contributed by atoms with van der Waals surface area (Å²) >= 11 is 0. The quantitative estimate of drug-likeness (QED) is 0.382. The molecule has 0 fully saturated rings. The first-order valence-corrected chi connectivity index (χ1v) is 7.63. The van der Waals surface area contributed by atoms with Gasteiger partial charge in [-0.2, -0.15) is 8.42 Å². The van der Waals surface area contributed by atoms with E-state index in [9.17, 15) is 13.2 Å². The van der Waals surface area contributed by atoms with Gasteiger partial charge in [0.15, 0.2) is 0 Å². The Balaban J connectivity index is 3.80. The third-order valence-corrected chi connectivity index (χ3v) is 3.58. The molecule has 106 valence electrons. The van der Waals surface area contributed by atoms with E-state index in [-0.39, 0.29) is 17.1 Å². The third kappa shape index (κ3) is 10.3. The van der Waals surface area contributed by atoms with Crippen LogP contribution in [0.2, 0.25) is 0 Å². The summed E-state index contributed by atoms with van der Waals surface area (Å²) in [6, 6.07) is 0. The van der Waals surface area contributed by atoms with Crippen molar-refractivity contribution >= 4 is 16.0 Å². The molecular formula is C12H23NO4S. The van der Waals surface area contributed by atoms with E-state index in [0.717, 1.165) is 19.3 Å². The second kappa shape index (κ2) is 7.53. The van der Waals surface area contributed by atoms with E-state index in [2.05, 4.69) is 11.9 Å². The van der Waals surface area contributed by atoms with Crippen molar-refractivity contribution in [3.05, 3.63) is 12.7 Å². The first-order valence-electron chi connectivity index (χ1n) is 6.02. The molecule has 0 aromatic heterocycles. The van der Waals surface area contributed by atoms with Crippen LogP contribution in [-0.2, 0) is 14.9 Å². The largest absolute Gasteiger partial charge is 0.353 e. The van der Waals surface area contributed by atoms with E-state index in [1.165, 1.54) is 6.08 Å². The van der Waals surface area contributed by atoms with E-state index >= 15 is 0 Å². The lowest BCUT2D eigenvalue weighted by atomic mass is 9.83. The van der Waals surface area contributed by atoms with Gasteiger partial charge in [-0.3, -0.25) is 9.35 Å². The molecule has 0 heterocycles. The highest BCUT2D eigenvalue weighted by Crippen LogP contribution is 2.28. The highest BCUT2D eigenvalue weighted by atomic mass is 32.2. The summed E-state index contributed by atoms with van der Waals surface area (Å²) in [5.41, 5.74) is 0.00357. The molecule has 0 aliphatic carbocycles. The molecule has 6 heteroatoms. The lowest BCUT2D eigenvalue weighted by Crippen LogP contribution is -2.23. The maximum atomic E-state index is 10.9. The fourth-order valence-corrected chi connectivity index (χ4v) is 2.22. The Labute approximate surface area is 109 Å². The molecule has 0 bridgehead atoms. The molecule has 0 saturated carbocycles. The van der Waals surface area contributed by atoms with Crippen molar-refractivity contribution in [2.75, 3.05) is 12.3 Å². The monoisotopic (exact) mass is 277 g/mol. The summed E-state index contributed by atoms with van der Waals surface area (Å²) in [5.74, 6) is -0.372. The molecule has 0 aromatic rings. The van der Waals surface area contributed by atoms with Gasteiger partial charge < -0.3 is 5.32 Å².